The Bertz CT molecular complexity index is 650. The third-order valence-corrected chi connectivity index (χ3v) is 6.03. The summed E-state index contributed by atoms with van der Waals surface area (Å²) >= 11 is 0. The van der Waals surface area contributed by atoms with Crippen LogP contribution in [0.25, 0.3) is 0 Å². The van der Waals surface area contributed by atoms with Crippen LogP contribution in [-0.4, -0.2) is 70.6 Å². The van der Waals surface area contributed by atoms with E-state index in [1.54, 1.807) is 7.11 Å². The SMILES string of the molecule is CCNC(=NCC1CCCOC1c1ccc(C)cc1)N1CCC(COCCOC)C1. The van der Waals surface area contributed by atoms with Crippen LogP contribution in [0.5, 0.6) is 0 Å². The highest BCUT2D eigenvalue weighted by atomic mass is 16.5. The van der Waals surface area contributed by atoms with Crippen LogP contribution in [0.3, 0.4) is 0 Å². The molecule has 2 heterocycles. The van der Waals surface area contributed by atoms with Gasteiger partial charge in [-0.25, -0.2) is 0 Å². The van der Waals surface area contributed by atoms with Crippen LogP contribution < -0.4 is 5.32 Å². The number of aryl methyl sites for hydroxylation is 1. The van der Waals surface area contributed by atoms with E-state index in [1.165, 1.54) is 11.1 Å². The summed E-state index contributed by atoms with van der Waals surface area (Å²) in [5.74, 6) is 2.01. The zero-order chi connectivity index (χ0) is 21.2. The lowest BCUT2D eigenvalue weighted by Crippen LogP contribution is -2.41. The predicted octanol–water partition coefficient (Wildman–Crippen LogP) is 3.41. The summed E-state index contributed by atoms with van der Waals surface area (Å²) in [6.07, 6.45) is 3.57. The Morgan fingerprint density at radius 1 is 1.23 bits per heavy atom. The van der Waals surface area contributed by atoms with E-state index >= 15 is 0 Å². The third kappa shape index (κ3) is 6.69. The monoisotopic (exact) mass is 417 g/mol. The van der Waals surface area contributed by atoms with Gasteiger partial charge in [0.05, 0.1) is 25.9 Å². The molecule has 1 N–H and O–H groups in total. The highest BCUT2D eigenvalue weighted by molar-refractivity contribution is 5.80. The molecule has 1 aromatic carbocycles. The number of rotatable bonds is 9. The molecule has 2 fully saturated rings. The second-order valence-electron chi connectivity index (χ2n) is 8.47. The van der Waals surface area contributed by atoms with Gasteiger partial charge in [-0.2, -0.15) is 0 Å². The van der Waals surface area contributed by atoms with Crippen LogP contribution in [-0.2, 0) is 14.2 Å². The summed E-state index contributed by atoms with van der Waals surface area (Å²) in [6.45, 7) is 10.9. The summed E-state index contributed by atoms with van der Waals surface area (Å²) in [7, 11) is 1.71. The molecular weight excluding hydrogens is 378 g/mol. The van der Waals surface area contributed by atoms with Crippen LogP contribution in [0.1, 0.15) is 43.4 Å². The van der Waals surface area contributed by atoms with Crippen LogP contribution in [0.4, 0.5) is 0 Å². The molecular formula is C24H39N3O3. The second kappa shape index (κ2) is 12.3. The Balaban J connectivity index is 1.58. The highest BCUT2D eigenvalue weighted by Gasteiger charge is 2.29. The van der Waals surface area contributed by atoms with Crippen molar-refractivity contribution in [3.05, 3.63) is 35.4 Å². The molecule has 6 heteroatoms. The standard InChI is InChI=1S/C24H39N3O3/c1-4-25-24(27-12-11-20(17-27)18-29-15-14-28-3)26-16-22-6-5-13-30-23(22)21-9-7-19(2)8-10-21/h7-10,20,22-23H,4-6,11-18H2,1-3H3,(H,25,26). The zero-order valence-electron chi connectivity index (χ0n) is 18.9. The van der Waals surface area contributed by atoms with Crippen LogP contribution in [0, 0.1) is 18.8 Å². The Morgan fingerprint density at radius 3 is 2.83 bits per heavy atom. The van der Waals surface area contributed by atoms with E-state index in [0.717, 1.165) is 64.6 Å². The molecule has 0 aliphatic carbocycles. The van der Waals surface area contributed by atoms with E-state index in [1.807, 2.05) is 0 Å². The van der Waals surface area contributed by atoms with E-state index in [-0.39, 0.29) is 6.10 Å². The molecule has 2 aliphatic rings. The van der Waals surface area contributed by atoms with Gasteiger partial charge >= 0.3 is 0 Å². The first-order valence-corrected chi connectivity index (χ1v) is 11.5. The molecule has 1 aromatic rings. The topological polar surface area (TPSA) is 55.3 Å². The number of benzene rings is 1. The molecule has 168 valence electrons. The first-order chi connectivity index (χ1) is 14.7. The molecule has 0 saturated carbocycles. The zero-order valence-corrected chi connectivity index (χ0v) is 18.9. The van der Waals surface area contributed by atoms with E-state index in [9.17, 15) is 0 Å². The van der Waals surface area contributed by atoms with Gasteiger partial charge in [-0.1, -0.05) is 29.8 Å². The van der Waals surface area contributed by atoms with Crippen molar-refractivity contribution in [2.75, 3.05) is 59.7 Å². The van der Waals surface area contributed by atoms with Gasteiger partial charge in [-0.05, 0) is 38.7 Å². The average molecular weight is 418 g/mol. The van der Waals surface area contributed by atoms with Gasteiger partial charge in [0.15, 0.2) is 5.96 Å². The van der Waals surface area contributed by atoms with Crippen LogP contribution in [0.15, 0.2) is 29.3 Å². The fourth-order valence-electron chi connectivity index (χ4n) is 4.34. The minimum absolute atomic E-state index is 0.145. The molecule has 0 spiro atoms. The first-order valence-electron chi connectivity index (χ1n) is 11.5. The minimum atomic E-state index is 0.145. The van der Waals surface area contributed by atoms with Crippen molar-refractivity contribution in [3.8, 4) is 0 Å². The van der Waals surface area contributed by atoms with Gasteiger partial charge < -0.3 is 24.4 Å². The molecule has 0 amide bonds. The number of likely N-dealkylation sites (tertiary alicyclic amines) is 1. The summed E-state index contributed by atoms with van der Waals surface area (Å²) in [4.78, 5) is 7.43. The largest absolute Gasteiger partial charge is 0.382 e. The lowest BCUT2D eigenvalue weighted by molar-refractivity contribution is -0.0250. The van der Waals surface area contributed by atoms with E-state index < -0.39 is 0 Å². The molecule has 2 saturated heterocycles. The van der Waals surface area contributed by atoms with Crippen molar-refractivity contribution in [1.82, 2.24) is 10.2 Å². The summed E-state index contributed by atoms with van der Waals surface area (Å²) < 4.78 is 17.0. The smallest absolute Gasteiger partial charge is 0.193 e. The summed E-state index contributed by atoms with van der Waals surface area (Å²) in [5, 5.41) is 3.50. The maximum absolute atomic E-state index is 6.19. The number of hydrogen-bond donors (Lipinski definition) is 1. The molecule has 0 radical (unpaired) electrons. The maximum Gasteiger partial charge on any atom is 0.193 e. The number of hydrogen-bond acceptors (Lipinski definition) is 4. The van der Waals surface area contributed by atoms with Gasteiger partial charge in [0.2, 0.25) is 0 Å². The number of aliphatic imine (C=N–C) groups is 1. The van der Waals surface area contributed by atoms with Crippen molar-refractivity contribution in [2.24, 2.45) is 16.8 Å². The van der Waals surface area contributed by atoms with Gasteiger partial charge in [-0.3, -0.25) is 4.99 Å². The molecule has 3 unspecified atom stereocenters. The van der Waals surface area contributed by atoms with Gasteiger partial charge in [-0.15, -0.1) is 0 Å². The summed E-state index contributed by atoms with van der Waals surface area (Å²) in [6, 6.07) is 8.78. The Labute approximate surface area is 182 Å². The van der Waals surface area contributed by atoms with E-state index in [2.05, 4.69) is 48.3 Å². The van der Waals surface area contributed by atoms with Gasteiger partial charge in [0.25, 0.3) is 0 Å². The van der Waals surface area contributed by atoms with Crippen molar-refractivity contribution >= 4 is 5.96 Å². The minimum Gasteiger partial charge on any atom is -0.382 e. The fourth-order valence-corrected chi connectivity index (χ4v) is 4.34. The Morgan fingerprint density at radius 2 is 2.07 bits per heavy atom. The Kier molecular flexibility index (Phi) is 9.43. The molecule has 3 rings (SSSR count). The lowest BCUT2D eigenvalue weighted by Gasteiger charge is -2.32. The van der Waals surface area contributed by atoms with Gasteiger partial charge in [0.1, 0.15) is 0 Å². The fraction of sp³-hybridized carbons (Fsp3) is 0.708. The molecule has 0 bridgehead atoms. The second-order valence-corrected chi connectivity index (χ2v) is 8.47. The van der Waals surface area contributed by atoms with E-state index in [4.69, 9.17) is 19.2 Å². The number of nitrogens with one attached hydrogen (secondary N) is 1. The predicted molar refractivity (Wildman–Crippen MR) is 121 cm³/mol. The van der Waals surface area contributed by atoms with Crippen molar-refractivity contribution < 1.29 is 14.2 Å². The van der Waals surface area contributed by atoms with Crippen molar-refractivity contribution in [2.45, 2.75) is 39.2 Å². The lowest BCUT2D eigenvalue weighted by atomic mass is 9.89. The number of ether oxygens (including phenoxy) is 3. The van der Waals surface area contributed by atoms with Crippen LogP contribution in [0.2, 0.25) is 0 Å². The van der Waals surface area contributed by atoms with Crippen molar-refractivity contribution in [3.63, 3.8) is 0 Å². The third-order valence-electron chi connectivity index (χ3n) is 6.03. The summed E-state index contributed by atoms with van der Waals surface area (Å²) in [5.41, 5.74) is 2.56. The highest BCUT2D eigenvalue weighted by Crippen LogP contribution is 2.34. The van der Waals surface area contributed by atoms with E-state index in [0.29, 0.717) is 25.0 Å². The molecule has 30 heavy (non-hydrogen) atoms. The number of guanidine groups is 1. The molecule has 2 aliphatic heterocycles. The number of methoxy groups -OCH3 is 1. The molecule has 6 nitrogen and oxygen atoms in total. The molecule has 0 aromatic heterocycles. The average Bonchev–Trinajstić information content (AvgIpc) is 3.24. The first kappa shape index (κ1) is 23.0. The van der Waals surface area contributed by atoms with Crippen LogP contribution >= 0.6 is 0 Å². The normalized spacial score (nSPS) is 25.0. The Hall–Kier alpha value is -1.63. The number of nitrogens with zero attached hydrogens (tertiary/aromatic N) is 2. The van der Waals surface area contributed by atoms with Gasteiger partial charge in [0, 0.05) is 51.7 Å². The quantitative estimate of drug-likeness (QED) is 0.379. The maximum atomic E-state index is 6.19. The molecule has 3 atom stereocenters. The van der Waals surface area contributed by atoms with Crippen molar-refractivity contribution in [1.29, 1.82) is 0 Å².